The van der Waals surface area contributed by atoms with Crippen LogP contribution in [0.15, 0.2) is 65.6 Å². The normalized spacial score (nSPS) is 13.7. The van der Waals surface area contributed by atoms with Gasteiger partial charge < -0.3 is 15.5 Å². The highest BCUT2D eigenvalue weighted by Gasteiger charge is 2.57. The lowest BCUT2D eigenvalue weighted by Crippen LogP contribution is -2.67. The standard InChI is InChI=1S/C25H30N2O6S2/c1-16(2)15-20(22(29)30)26-23(31)25(17(3)4,24(32)33)27(21(28)18-11-7-5-8-12-18)35-34-19-13-9-6-10-14-19/h5-14,16-17,20H,15H2,1-4H3,(H,26,31)(H,29,30)(H,32,33). The summed E-state index contributed by atoms with van der Waals surface area (Å²) in [6.45, 7) is 6.63. The van der Waals surface area contributed by atoms with Crippen LogP contribution in [0, 0.1) is 11.8 Å². The van der Waals surface area contributed by atoms with Crippen LogP contribution in [-0.2, 0) is 14.4 Å². The summed E-state index contributed by atoms with van der Waals surface area (Å²) in [5.41, 5.74) is -2.19. The Bertz CT molecular complexity index is 1030. The lowest BCUT2D eigenvalue weighted by atomic mass is 9.84. The molecule has 2 rings (SSSR count). The van der Waals surface area contributed by atoms with Crippen molar-refractivity contribution in [3.8, 4) is 0 Å². The number of hydrogen-bond donors (Lipinski definition) is 3. The molecule has 0 spiro atoms. The van der Waals surface area contributed by atoms with E-state index in [1.807, 2.05) is 6.07 Å². The molecule has 8 nitrogen and oxygen atoms in total. The Labute approximate surface area is 213 Å². The predicted octanol–water partition coefficient (Wildman–Crippen LogP) is 4.58. The first-order valence-electron chi connectivity index (χ1n) is 11.1. The third-order valence-corrected chi connectivity index (χ3v) is 7.69. The van der Waals surface area contributed by atoms with Crippen molar-refractivity contribution in [3.05, 3.63) is 66.2 Å². The Morgan fingerprint density at radius 2 is 1.46 bits per heavy atom. The van der Waals surface area contributed by atoms with Crippen molar-refractivity contribution in [1.29, 1.82) is 0 Å². The van der Waals surface area contributed by atoms with Gasteiger partial charge in [-0.15, -0.1) is 0 Å². The van der Waals surface area contributed by atoms with Crippen molar-refractivity contribution in [1.82, 2.24) is 9.62 Å². The molecule has 2 amide bonds. The minimum atomic E-state index is -2.38. The summed E-state index contributed by atoms with van der Waals surface area (Å²) >= 11 is 0. The maximum atomic E-state index is 13.7. The molecule has 0 aliphatic heterocycles. The molecule has 35 heavy (non-hydrogen) atoms. The fraction of sp³-hybridized carbons (Fsp3) is 0.360. The zero-order chi connectivity index (χ0) is 26.2. The molecule has 0 aromatic heterocycles. The van der Waals surface area contributed by atoms with Crippen LogP contribution in [0.5, 0.6) is 0 Å². The van der Waals surface area contributed by atoms with E-state index < -0.39 is 41.3 Å². The van der Waals surface area contributed by atoms with Gasteiger partial charge in [-0.25, -0.2) is 13.9 Å². The number of carboxylic acids is 2. The van der Waals surface area contributed by atoms with Gasteiger partial charge in [-0.2, -0.15) is 0 Å². The molecular weight excluding hydrogens is 488 g/mol. The highest BCUT2D eigenvalue weighted by molar-refractivity contribution is 8.76. The first-order chi connectivity index (χ1) is 16.5. The Kier molecular flexibility index (Phi) is 10.2. The quantitative estimate of drug-likeness (QED) is 0.212. The van der Waals surface area contributed by atoms with E-state index >= 15 is 0 Å². The van der Waals surface area contributed by atoms with Gasteiger partial charge in [-0.3, -0.25) is 9.59 Å². The molecule has 3 N–H and O–H groups in total. The Hall–Kier alpha value is -2.98. The van der Waals surface area contributed by atoms with Gasteiger partial charge in [0.15, 0.2) is 0 Å². The van der Waals surface area contributed by atoms with Gasteiger partial charge >= 0.3 is 11.9 Å². The maximum Gasteiger partial charge on any atom is 0.340 e. The predicted molar refractivity (Wildman–Crippen MR) is 137 cm³/mol. The van der Waals surface area contributed by atoms with Crippen LogP contribution in [-0.4, -0.2) is 49.9 Å². The number of aliphatic carboxylic acids is 2. The van der Waals surface area contributed by atoms with Crippen molar-refractivity contribution < 1.29 is 29.4 Å². The van der Waals surface area contributed by atoms with E-state index in [1.165, 1.54) is 26.0 Å². The summed E-state index contributed by atoms with van der Waals surface area (Å²) < 4.78 is 0.955. The summed E-state index contributed by atoms with van der Waals surface area (Å²) in [7, 11) is 1.96. The molecule has 0 fully saturated rings. The van der Waals surface area contributed by atoms with Crippen LogP contribution >= 0.6 is 21.8 Å². The third-order valence-electron chi connectivity index (χ3n) is 5.30. The maximum absolute atomic E-state index is 13.7. The van der Waals surface area contributed by atoms with Gasteiger partial charge in [-0.1, -0.05) is 64.1 Å². The molecule has 2 atom stereocenters. The van der Waals surface area contributed by atoms with Crippen molar-refractivity contribution in [2.24, 2.45) is 11.8 Å². The first kappa shape index (κ1) is 28.3. The van der Waals surface area contributed by atoms with E-state index in [2.05, 4.69) is 5.32 Å². The van der Waals surface area contributed by atoms with E-state index in [1.54, 1.807) is 56.3 Å². The number of rotatable bonds is 12. The lowest BCUT2D eigenvalue weighted by Gasteiger charge is -2.41. The van der Waals surface area contributed by atoms with Crippen molar-refractivity contribution in [2.75, 3.05) is 0 Å². The molecular formula is C25H30N2O6S2. The number of benzene rings is 2. The van der Waals surface area contributed by atoms with Crippen LogP contribution in [0.4, 0.5) is 0 Å². The second kappa shape index (κ2) is 12.6. The highest BCUT2D eigenvalue weighted by Crippen LogP contribution is 2.42. The van der Waals surface area contributed by atoms with Gasteiger partial charge in [0.2, 0.25) is 5.54 Å². The minimum Gasteiger partial charge on any atom is -0.480 e. The SMILES string of the molecule is CC(C)CC(NC(=O)C(C(=O)O)(C(C)C)N(SSc1ccccc1)C(=O)c1ccccc1)C(=O)O. The van der Waals surface area contributed by atoms with E-state index in [-0.39, 0.29) is 17.9 Å². The number of carboxylic acid groups (broad SMARTS) is 2. The van der Waals surface area contributed by atoms with Crippen LogP contribution in [0.25, 0.3) is 0 Å². The van der Waals surface area contributed by atoms with Crippen LogP contribution in [0.2, 0.25) is 0 Å². The molecule has 0 aliphatic rings. The van der Waals surface area contributed by atoms with Crippen LogP contribution in [0.3, 0.4) is 0 Å². The summed E-state index contributed by atoms with van der Waals surface area (Å²) in [5.74, 6) is -5.53. The molecule has 10 heteroatoms. The summed E-state index contributed by atoms with van der Waals surface area (Å²) in [6, 6.07) is 15.8. The molecule has 2 unspecified atom stereocenters. The fourth-order valence-corrected chi connectivity index (χ4v) is 5.95. The van der Waals surface area contributed by atoms with Crippen molar-refractivity contribution in [3.63, 3.8) is 0 Å². The zero-order valence-electron chi connectivity index (χ0n) is 20.0. The Balaban J connectivity index is 2.59. The summed E-state index contributed by atoms with van der Waals surface area (Å²) in [6.07, 6.45) is 0.105. The zero-order valence-corrected chi connectivity index (χ0v) is 21.6. The largest absolute Gasteiger partial charge is 0.480 e. The summed E-state index contributed by atoms with van der Waals surface area (Å²) in [4.78, 5) is 52.7. The molecule has 0 bridgehead atoms. The molecule has 2 aromatic rings. The molecule has 0 saturated carbocycles. The molecule has 0 saturated heterocycles. The molecule has 0 aliphatic carbocycles. The smallest absolute Gasteiger partial charge is 0.340 e. The molecule has 0 radical (unpaired) electrons. The number of carbonyl (C=O) groups excluding carboxylic acids is 2. The topological polar surface area (TPSA) is 124 Å². The Morgan fingerprint density at radius 3 is 1.91 bits per heavy atom. The van der Waals surface area contributed by atoms with Crippen LogP contribution in [0.1, 0.15) is 44.5 Å². The van der Waals surface area contributed by atoms with Gasteiger partial charge in [0.25, 0.3) is 11.8 Å². The minimum absolute atomic E-state index is 0.0697. The average Bonchev–Trinajstić information content (AvgIpc) is 2.81. The Morgan fingerprint density at radius 1 is 0.914 bits per heavy atom. The van der Waals surface area contributed by atoms with E-state index in [0.29, 0.717) is 0 Å². The van der Waals surface area contributed by atoms with Gasteiger partial charge in [0.1, 0.15) is 6.04 Å². The number of hydrogen-bond acceptors (Lipinski definition) is 6. The van der Waals surface area contributed by atoms with Gasteiger partial charge in [0, 0.05) is 21.4 Å². The van der Waals surface area contributed by atoms with E-state index in [0.717, 1.165) is 31.0 Å². The number of amides is 2. The average molecular weight is 519 g/mol. The summed E-state index contributed by atoms with van der Waals surface area (Å²) in [5, 5.41) is 22.5. The van der Waals surface area contributed by atoms with Crippen molar-refractivity contribution >= 4 is 45.5 Å². The number of nitrogens with zero attached hydrogens (tertiary/aromatic N) is 1. The second-order valence-electron chi connectivity index (χ2n) is 8.66. The molecule has 0 heterocycles. The highest BCUT2D eigenvalue weighted by atomic mass is 33.1. The third kappa shape index (κ3) is 6.79. The fourth-order valence-electron chi connectivity index (χ4n) is 3.49. The van der Waals surface area contributed by atoms with E-state index in [4.69, 9.17) is 0 Å². The number of nitrogens with one attached hydrogen (secondary N) is 1. The molecule has 2 aromatic carbocycles. The monoisotopic (exact) mass is 518 g/mol. The van der Waals surface area contributed by atoms with Gasteiger partial charge in [-0.05, 0) is 53.3 Å². The lowest BCUT2D eigenvalue weighted by molar-refractivity contribution is -0.158. The second-order valence-corrected chi connectivity index (χ2v) is 10.8. The van der Waals surface area contributed by atoms with E-state index in [9.17, 15) is 29.4 Å². The van der Waals surface area contributed by atoms with Gasteiger partial charge in [0.05, 0.1) is 0 Å². The first-order valence-corrected chi connectivity index (χ1v) is 13.2. The van der Waals surface area contributed by atoms with Crippen molar-refractivity contribution in [2.45, 2.75) is 50.6 Å². The number of carbonyl (C=O) groups is 4. The van der Waals surface area contributed by atoms with Crippen LogP contribution < -0.4 is 5.32 Å². The molecule has 188 valence electrons.